The predicted molar refractivity (Wildman–Crippen MR) is 118 cm³/mol. The van der Waals surface area contributed by atoms with Crippen LogP contribution in [0.15, 0.2) is 46.0 Å². The van der Waals surface area contributed by atoms with Gasteiger partial charge in [-0.25, -0.2) is 5.43 Å². The van der Waals surface area contributed by atoms with E-state index in [2.05, 4.69) is 31.8 Å². The molecule has 0 spiro atoms. The average Bonchev–Trinajstić information content (AvgIpc) is 2.71. The molecule has 0 saturated heterocycles. The molecule has 0 unspecified atom stereocenters. The standard InChI is InChI=1S/C21H24BrN3O5/c1-4-29-16-8-6-15(7-9-16)24-19(26)12-20(27)25-23-13-14-10-17(22)21(30-5-2)18(11-14)28-3/h6-11,13H,4-5,12H2,1-3H3,(H,24,26)(H,25,27). The van der Waals surface area contributed by atoms with Crippen LogP contribution in [-0.4, -0.2) is 38.4 Å². The number of hydrogen-bond donors (Lipinski definition) is 2. The molecule has 2 amide bonds. The second-order valence-electron chi connectivity index (χ2n) is 5.94. The monoisotopic (exact) mass is 477 g/mol. The maximum Gasteiger partial charge on any atom is 0.249 e. The molecule has 0 aliphatic heterocycles. The van der Waals surface area contributed by atoms with Gasteiger partial charge in [0, 0.05) is 5.69 Å². The van der Waals surface area contributed by atoms with E-state index in [9.17, 15) is 9.59 Å². The number of ether oxygens (including phenoxy) is 3. The van der Waals surface area contributed by atoms with E-state index in [-0.39, 0.29) is 6.42 Å². The van der Waals surface area contributed by atoms with Crippen LogP contribution in [-0.2, 0) is 9.59 Å². The van der Waals surface area contributed by atoms with E-state index >= 15 is 0 Å². The average molecular weight is 478 g/mol. The Morgan fingerprint density at radius 1 is 1.07 bits per heavy atom. The molecule has 30 heavy (non-hydrogen) atoms. The number of rotatable bonds is 10. The van der Waals surface area contributed by atoms with Crippen LogP contribution in [0, 0.1) is 0 Å². The largest absolute Gasteiger partial charge is 0.494 e. The number of nitrogens with zero attached hydrogens (tertiary/aromatic N) is 1. The van der Waals surface area contributed by atoms with Gasteiger partial charge in [0.05, 0.1) is 31.0 Å². The van der Waals surface area contributed by atoms with Crippen molar-refractivity contribution in [2.45, 2.75) is 20.3 Å². The first-order valence-electron chi connectivity index (χ1n) is 9.31. The summed E-state index contributed by atoms with van der Waals surface area (Å²) >= 11 is 3.42. The summed E-state index contributed by atoms with van der Waals surface area (Å²) in [5.41, 5.74) is 3.59. The Bertz CT molecular complexity index is 900. The highest BCUT2D eigenvalue weighted by atomic mass is 79.9. The van der Waals surface area contributed by atoms with Gasteiger partial charge in [-0.2, -0.15) is 5.10 Å². The number of amides is 2. The van der Waals surface area contributed by atoms with E-state index in [0.29, 0.717) is 46.2 Å². The number of benzene rings is 2. The summed E-state index contributed by atoms with van der Waals surface area (Å²) < 4.78 is 16.9. The molecule has 0 fully saturated rings. The predicted octanol–water partition coefficient (Wildman–Crippen LogP) is 3.73. The topological polar surface area (TPSA) is 98.2 Å². The van der Waals surface area contributed by atoms with Crippen LogP contribution >= 0.6 is 15.9 Å². The summed E-state index contributed by atoms with van der Waals surface area (Å²) in [5.74, 6) is 0.852. The van der Waals surface area contributed by atoms with Gasteiger partial charge in [-0.15, -0.1) is 0 Å². The van der Waals surface area contributed by atoms with Gasteiger partial charge >= 0.3 is 0 Å². The SMILES string of the molecule is CCOc1ccc(NC(=O)CC(=O)NN=Cc2cc(Br)c(OCC)c(OC)c2)cc1. The molecule has 2 aromatic rings. The first-order chi connectivity index (χ1) is 14.5. The van der Waals surface area contributed by atoms with Crippen molar-refractivity contribution in [3.8, 4) is 17.2 Å². The lowest BCUT2D eigenvalue weighted by atomic mass is 10.2. The zero-order chi connectivity index (χ0) is 21.9. The molecule has 0 aliphatic carbocycles. The molecule has 2 rings (SSSR count). The van der Waals surface area contributed by atoms with Crippen LogP contribution in [0.5, 0.6) is 17.2 Å². The van der Waals surface area contributed by atoms with E-state index in [0.717, 1.165) is 0 Å². The van der Waals surface area contributed by atoms with E-state index in [1.54, 1.807) is 36.4 Å². The number of nitrogens with one attached hydrogen (secondary N) is 2. The van der Waals surface area contributed by atoms with Crippen molar-refractivity contribution in [2.75, 3.05) is 25.6 Å². The highest BCUT2D eigenvalue weighted by molar-refractivity contribution is 9.10. The molecule has 0 aliphatic rings. The maximum absolute atomic E-state index is 12.0. The fraction of sp³-hybridized carbons (Fsp3) is 0.286. The molecule has 8 nitrogen and oxygen atoms in total. The van der Waals surface area contributed by atoms with Crippen LogP contribution in [0.4, 0.5) is 5.69 Å². The second kappa shape index (κ2) is 11.8. The molecule has 160 valence electrons. The number of halogens is 1. The molecular weight excluding hydrogens is 454 g/mol. The lowest BCUT2D eigenvalue weighted by molar-refractivity contribution is -0.126. The molecule has 0 atom stereocenters. The molecule has 9 heteroatoms. The van der Waals surface area contributed by atoms with Crippen molar-refractivity contribution < 1.29 is 23.8 Å². The smallest absolute Gasteiger partial charge is 0.249 e. The summed E-state index contributed by atoms with van der Waals surface area (Å²) in [6.45, 7) is 4.83. The quantitative estimate of drug-likeness (QED) is 0.308. The molecule has 0 aromatic heterocycles. The lowest BCUT2D eigenvalue weighted by Crippen LogP contribution is -2.24. The minimum Gasteiger partial charge on any atom is -0.494 e. The number of anilines is 1. The van der Waals surface area contributed by atoms with Crippen molar-refractivity contribution in [1.29, 1.82) is 0 Å². The number of hydrazone groups is 1. The van der Waals surface area contributed by atoms with E-state index in [1.807, 2.05) is 13.8 Å². The fourth-order valence-electron chi connectivity index (χ4n) is 2.47. The third kappa shape index (κ3) is 7.07. The number of carbonyl (C=O) groups excluding carboxylic acids is 2. The highest BCUT2D eigenvalue weighted by Crippen LogP contribution is 2.36. The van der Waals surface area contributed by atoms with Crippen molar-refractivity contribution >= 4 is 39.6 Å². The molecule has 0 radical (unpaired) electrons. The zero-order valence-corrected chi connectivity index (χ0v) is 18.6. The summed E-state index contributed by atoms with van der Waals surface area (Å²) in [7, 11) is 1.54. The highest BCUT2D eigenvalue weighted by Gasteiger charge is 2.11. The zero-order valence-electron chi connectivity index (χ0n) is 17.0. The van der Waals surface area contributed by atoms with Gasteiger partial charge in [-0.1, -0.05) is 0 Å². The molecule has 0 saturated carbocycles. The van der Waals surface area contributed by atoms with E-state index < -0.39 is 11.8 Å². The van der Waals surface area contributed by atoms with E-state index in [4.69, 9.17) is 14.2 Å². The number of methoxy groups -OCH3 is 1. The van der Waals surface area contributed by atoms with Crippen molar-refractivity contribution in [3.63, 3.8) is 0 Å². The molecule has 0 heterocycles. The van der Waals surface area contributed by atoms with Crippen LogP contribution < -0.4 is 25.0 Å². The summed E-state index contributed by atoms with van der Waals surface area (Å²) in [6, 6.07) is 10.4. The van der Waals surface area contributed by atoms with Gasteiger partial charge in [0.2, 0.25) is 11.8 Å². The van der Waals surface area contributed by atoms with Gasteiger partial charge < -0.3 is 19.5 Å². The summed E-state index contributed by atoms with van der Waals surface area (Å²) in [6.07, 6.45) is 1.09. The van der Waals surface area contributed by atoms with Gasteiger partial charge in [-0.05, 0) is 71.7 Å². The van der Waals surface area contributed by atoms with Crippen molar-refractivity contribution in [1.82, 2.24) is 5.43 Å². The molecular formula is C21H24BrN3O5. The van der Waals surface area contributed by atoms with Crippen LogP contribution in [0.1, 0.15) is 25.8 Å². The van der Waals surface area contributed by atoms with Crippen LogP contribution in [0.2, 0.25) is 0 Å². The van der Waals surface area contributed by atoms with Gasteiger partial charge in [-0.3, -0.25) is 9.59 Å². The Hall–Kier alpha value is -3.07. The Balaban J connectivity index is 1.88. The van der Waals surface area contributed by atoms with Crippen molar-refractivity contribution in [3.05, 3.63) is 46.4 Å². The summed E-state index contributed by atoms with van der Waals surface area (Å²) in [4.78, 5) is 23.9. The fourth-order valence-corrected chi connectivity index (χ4v) is 3.04. The minimum absolute atomic E-state index is 0.360. The number of carbonyl (C=O) groups is 2. The minimum atomic E-state index is -0.536. The van der Waals surface area contributed by atoms with E-state index in [1.165, 1.54) is 13.3 Å². The van der Waals surface area contributed by atoms with Crippen molar-refractivity contribution in [2.24, 2.45) is 5.10 Å². The van der Waals surface area contributed by atoms with Crippen LogP contribution in [0.25, 0.3) is 0 Å². The molecule has 2 aromatic carbocycles. The Morgan fingerprint density at radius 2 is 1.77 bits per heavy atom. The molecule has 2 N–H and O–H groups in total. The maximum atomic E-state index is 12.0. The Labute approximate surface area is 183 Å². The summed E-state index contributed by atoms with van der Waals surface area (Å²) in [5, 5.41) is 6.53. The number of hydrogen-bond acceptors (Lipinski definition) is 6. The third-order valence-electron chi connectivity index (χ3n) is 3.71. The van der Waals surface area contributed by atoms with Gasteiger partial charge in [0.1, 0.15) is 12.2 Å². The van der Waals surface area contributed by atoms with Gasteiger partial charge in [0.25, 0.3) is 0 Å². The van der Waals surface area contributed by atoms with Crippen LogP contribution in [0.3, 0.4) is 0 Å². The third-order valence-corrected chi connectivity index (χ3v) is 4.30. The first-order valence-corrected chi connectivity index (χ1v) is 10.1. The lowest BCUT2D eigenvalue weighted by Gasteiger charge is -2.11. The molecule has 0 bridgehead atoms. The first kappa shape index (κ1) is 23.2. The Morgan fingerprint density at radius 3 is 2.40 bits per heavy atom. The van der Waals surface area contributed by atoms with Gasteiger partial charge in [0.15, 0.2) is 11.5 Å². The second-order valence-corrected chi connectivity index (χ2v) is 6.80. The Kier molecular flexibility index (Phi) is 9.14. The normalized spacial score (nSPS) is 10.5.